The number of carbonyl (C=O) groups is 1. The molecule has 1 aromatic carbocycles. The molecule has 1 heterocycles. The van der Waals surface area contributed by atoms with Crippen LogP contribution in [0.1, 0.15) is 16.1 Å². The van der Waals surface area contributed by atoms with Crippen LogP contribution in [0.2, 0.25) is 0 Å². The highest BCUT2D eigenvalue weighted by atomic mass is 16.4. The van der Waals surface area contributed by atoms with Gasteiger partial charge in [-0.15, -0.1) is 0 Å². The third-order valence-electron chi connectivity index (χ3n) is 2.67. The SMILES string of the molecule is Cc1nn(-c2ccccc2)c(N(C)C)c1C(=O)O. The van der Waals surface area contributed by atoms with E-state index in [4.69, 9.17) is 0 Å². The first-order valence-corrected chi connectivity index (χ1v) is 5.58. The number of carboxylic acid groups (broad SMARTS) is 1. The molecular weight excluding hydrogens is 230 g/mol. The molecule has 5 nitrogen and oxygen atoms in total. The van der Waals surface area contributed by atoms with Crippen LogP contribution in [0, 0.1) is 6.92 Å². The normalized spacial score (nSPS) is 10.4. The van der Waals surface area contributed by atoms with Gasteiger partial charge in [-0.2, -0.15) is 5.10 Å². The van der Waals surface area contributed by atoms with Crippen LogP contribution in [0.25, 0.3) is 5.69 Å². The molecule has 0 aliphatic carbocycles. The van der Waals surface area contributed by atoms with Crippen molar-refractivity contribution in [3.63, 3.8) is 0 Å². The van der Waals surface area contributed by atoms with E-state index < -0.39 is 5.97 Å². The molecule has 0 saturated heterocycles. The van der Waals surface area contributed by atoms with Crippen molar-refractivity contribution >= 4 is 11.8 Å². The average Bonchev–Trinajstić information content (AvgIpc) is 2.68. The molecule has 0 bridgehead atoms. The van der Waals surface area contributed by atoms with Crippen LogP contribution < -0.4 is 4.90 Å². The number of nitrogens with zero attached hydrogens (tertiary/aromatic N) is 3. The predicted octanol–water partition coefficient (Wildman–Crippen LogP) is 1.94. The van der Waals surface area contributed by atoms with Crippen LogP contribution in [-0.2, 0) is 0 Å². The maximum absolute atomic E-state index is 11.3. The summed E-state index contributed by atoms with van der Waals surface area (Å²) in [6.07, 6.45) is 0. The molecule has 18 heavy (non-hydrogen) atoms. The van der Waals surface area contributed by atoms with E-state index in [2.05, 4.69) is 5.10 Å². The van der Waals surface area contributed by atoms with Gasteiger partial charge in [0.05, 0.1) is 11.4 Å². The minimum atomic E-state index is -0.960. The summed E-state index contributed by atoms with van der Waals surface area (Å²) in [5, 5.41) is 13.6. The lowest BCUT2D eigenvalue weighted by molar-refractivity contribution is 0.0697. The molecule has 2 aromatic rings. The maximum Gasteiger partial charge on any atom is 0.341 e. The summed E-state index contributed by atoms with van der Waals surface area (Å²) < 4.78 is 1.65. The molecule has 0 saturated carbocycles. The van der Waals surface area contributed by atoms with Crippen LogP contribution in [0.3, 0.4) is 0 Å². The van der Waals surface area contributed by atoms with E-state index in [1.54, 1.807) is 16.5 Å². The lowest BCUT2D eigenvalue weighted by Gasteiger charge is -2.15. The highest BCUT2D eigenvalue weighted by molar-refractivity contribution is 5.95. The van der Waals surface area contributed by atoms with E-state index >= 15 is 0 Å². The lowest BCUT2D eigenvalue weighted by atomic mass is 10.2. The van der Waals surface area contributed by atoms with E-state index in [0.29, 0.717) is 11.5 Å². The zero-order valence-corrected chi connectivity index (χ0v) is 10.6. The molecule has 0 unspecified atom stereocenters. The first-order valence-electron chi connectivity index (χ1n) is 5.58. The number of benzene rings is 1. The van der Waals surface area contributed by atoms with Gasteiger partial charge in [-0.3, -0.25) is 0 Å². The zero-order valence-electron chi connectivity index (χ0n) is 10.6. The van der Waals surface area contributed by atoms with Crippen molar-refractivity contribution in [3.8, 4) is 5.69 Å². The maximum atomic E-state index is 11.3. The van der Waals surface area contributed by atoms with Crippen molar-refractivity contribution in [3.05, 3.63) is 41.6 Å². The Bertz CT molecular complexity index is 573. The van der Waals surface area contributed by atoms with Crippen molar-refractivity contribution in [1.82, 2.24) is 9.78 Å². The molecule has 0 atom stereocenters. The Morgan fingerprint density at radius 3 is 2.39 bits per heavy atom. The molecule has 0 aliphatic heterocycles. The van der Waals surface area contributed by atoms with Gasteiger partial charge in [-0.05, 0) is 19.1 Å². The van der Waals surface area contributed by atoms with Crippen LogP contribution in [0.4, 0.5) is 5.82 Å². The van der Waals surface area contributed by atoms with Crippen molar-refractivity contribution in [1.29, 1.82) is 0 Å². The Hall–Kier alpha value is -2.30. The average molecular weight is 245 g/mol. The minimum Gasteiger partial charge on any atom is -0.477 e. The van der Waals surface area contributed by atoms with Gasteiger partial charge in [-0.1, -0.05) is 18.2 Å². The topological polar surface area (TPSA) is 58.4 Å². The third-order valence-corrected chi connectivity index (χ3v) is 2.67. The number of aromatic carboxylic acids is 1. The number of hydrogen-bond donors (Lipinski definition) is 1. The quantitative estimate of drug-likeness (QED) is 0.897. The molecule has 0 aliphatic rings. The Morgan fingerprint density at radius 2 is 1.89 bits per heavy atom. The molecule has 5 heteroatoms. The van der Waals surface area contributed by atoms with Crippen molar-refractivity contribution in [2.45, 2.75) is 6.92 Å². The fourth-order valence-electron chi connectivity index (χ4n) is 1.93. The smallest absolute Gasteiger partial charge is 0.341 e. The van der Waals surface area contributed by atoms with E-state index in [-0.39, 0.29) is 5.56 Å². The molecule has 94 valence electrons. The summed E-state index contributed by atoms with van der Waals surface area (Å²) in [6, 6.07) is 9.49. The predicted molar refractivity (Wildman–Crippen MR) is 69.6 cm³/mol. The number of carboxylic acids is 1. The van der Waals surface area contributed by atoms with Gasteiger partial charge in [-0.25, -0.2) is 9.48 Å². The number of aromatic nitrogens is 2. The summed E-state index contributed by atoms with van der Waals surface area (Å²) in [7, 11) is 3.62. The Balaban J connectivity index is 2.69. The first-order chi connectivity index (χ1) is 8.52. The number of para-hydroxylation sites is 1. The first kappa shape index (κ1) is 12.2. The molecule has 1 aromatic heterocycles. The van der Waals surface area contributed by atoms with Crippen LogP contribution in [-0.4, -0.2) is 35.0 Å². The molecule has 0 spiro atoms. The van der Waals surface area contributed by atoms with Crippen molar-refractivity contribution in [2.75, 3.05) is 19.0 Å². The Kier molecular flexibility index (Phi) is 3.06. The van der Waals surface area contributed by atoms with E-state index in [1.165, 1.54) is 0 Å². The highest BCUT2D eigenvalue weighted by Gasteiger charge is 2.23. The molecular formula is C13H15N3O2. The second-order valence-corrected chi connectivity index (χ2v) is 4.23. The van der Waals surface area contributed by atoms with Gasteiger partial charge >= 0.3 is 5.97 Å². The van der Waals surface area contributed by atoms with Crippen LogP contribution in [0.5, 0.6) is 0 Å². The summed E-state index contributed by atoms with van der Waals surface area (Å²) in [4.78, 5) is 13.1. The van der Waals surface area contributed by atoms with Gasteiger partial charge in [0.1, 0.15) is 11.4 Å². The Labute approximate surface area is 105 Å². The molecule has 1 N–H and O–H groups in total. The summed E-state index contributed by atoms with van der Waals surface area (Å²) >= 11 is 0. The monoisotopic (exact) mass is 245 g/mol. The fraction of sp³-hybridized carbons (Fsp3) is 0.231. The summed E-state index contributed by atoms with van der Waals surface area (Å²) in [5.41, 5.74) is 1.59. The lowest BCUT2D eigenvalue weighted by Crippen LogP contribution is -2.17. The van der Waals surface area contributed by atoms with Gasteiger partial charge in [0.25, 0.3) is 0 Å². The summed E-state index contributed by atoms with van der Waals surface area (Å²) in [6.45, 7) is 1.70. The fourth-order valence-corrected chi connectivity index (χ4v) is 1.93. The summed E-state index contributed by atoms with van der Waals surface area (Å²) in [5.74, 6) is -0.385. The molecule has 0 amide bonds. The van der Waals surface area contributed by atoms with Crippen LogP contribution in [0.15, 0.2) is 30.3 Å². The van der Waals surface area contributed by atoms with Crippen molar-refractivity contribution in [2.24, 2.45) is 0 Å². The van der Waals surface area contributed by atoms with Gasteiger partial charge in [0.2, 0.25) is 0 Å². The van der Waals surface area contributed by atoms with Gasteiger partial charge in [0, 0.05) is 14.1 Å². The number of hydrogen-bond acceptors (Lipinski definition) is 3. The highest BCUT2D eigenvalue weighted by Crippen LogP contribution is 2.25. The largest absolute Gasteiger partial charge is 0.477 e. The molecule has 2 rings (SSSR count). The molecule has 0 radical (unpaired) electrons. The second-order valence-electron chi connectivity index (χ2n) is 4.23. The van der Waals surface area contributed by atoms with Crippen LogP contribution >= 0.6 is 0 Å². The third kappa shape index (κ3) is 1.95. The molecule has 0 fully saturated rings. The second kappa shape index (κ2) is 4.52. The van der Waals surface area contributed by atoms with E-state index in [9.17, 15) is 9.90 Å². The standard InChI is InChI=1S/C13H15N3O2/c1-9-11(13(17)18)12(15(2)3)16(14-9)10-7-5-4-6-8-10/h4-8H,1-3H3,(H,17,18). The number of rotatable bonds is 3. The number of aryl methyl sites for hydroxylation is 1. The number of anilines is 1. The minimum absolute atomic E-state index is 0.240. The van der Waals surface area contributed by atoms with Gasteiger partial charge in [0.15, 0.2) is 0 Å². The van der Waals surface area contributed by atoms with Gasteiger partial charge < -0.3 is 10.0 Å². The van der Waals surface area contributed by atoms with E-state index in [1.807, 2.05) is 44.4 Å². The zero-order chi connectivity index (χ0) is 13.3. The van der Waals surface area contributed by atoms with E-state index in [0.717, 1.165) is 5.69 Å². The van der Waals surface area contributed by atoms with Crippen molar-refractivity contribution < 1.29 is 9.90 Å². The Morgan fingerprint density at radius 1 is 1.28 bits per heavy atom.